The van der Waals surface area contributed by atoms with Gasteiger partial charge in [0, 0.05) is 58.8 Å². The van der Waals surface area contributed by atoms with Crippen molar-refractivity contribution in [2.24, 2.45) is 5.73 Å². The van der Waals surface area contributed by atoms with Gasteiger partial charge in [0.2, 0.25) is 22.1 Å². The van der Waals surface area contributed by atoms with Gasteiger partial charge in [0.15, 0.2) is 0 Å². The Morgan fingerprint density at radius 2 is 1.28 bits per heavy atom. The largest absolute Gasteiger partial charge is 0.344 e. The number of nitrogens with two attached hydrogens (primary N) is 1. The molecular weight excluding hydrogens is 437 g/mol. The Morgan fingerprint density at radius 1 is 0.793 bits per heavy atom. The molecule has 4 atom stereocenters. The van der Waals surface area contributed by atoms with E-state index in [-0.39, 0.29) is 24.9 Å². The second kappa shape index (κ2) is 11.9. The number of rotatable bonds is 10. The Hall–Kier alpha value is 0.410. The maximum atomic E-state index is 12.2. The van der Waals surface area contributed by atoms with Crippen LogP contribution in [0.15, 0.2) is 0 Å². The molecule has 0 aromatic carbocycles. The molecule has 0 aromatic heterocycles. The Bertz CT molecular complexity index is 634. The van der Waals surface area contributed by atoms with Gasteiger partial charge in [0.1, 0.15) is 0 Å². The standard InChI is InChI=1S/C16H39N4O6P3/c1-27(21,22)13-18-8-9-19(14-28(2,23)24)12-16(6-4-5-7-17)20(11-10-18)15-29(3,25)26/h16H,4-15,17H2,1-3H3,(H,21,22)(H,23,24)(H,25,26). The lowest BCUT2D eigenvalue weighted by atomic mass is 10.1. The molecular formula is C16H39N4O6P3. The first kappa shape index (κ1) is 27.4. The summed E-state index contributed by atoms with van der Waals surface area (Å²) in [5.74, 6) is 0. The van der Waals surface area contributed by atoms with E-state index in [9.17, 15) is 28.4 Å². The van der Waals surface area contributed by atoms with E-state index < -0.39 is 22.1 Å². The number of hydrogen-bond acceptors (Lipinski definition) is 7. The molecule has 1 saturated heterocycles. The van der Waals surface area contributed by atoms with Gasteiger partial charge in [-0.05, 0) is 19.4 Å². The maximum Gasteiger partial charge on any atom is 0.211 e. The van der Waals surface area contributed by atoms with Crippen molar-refractivity contribution in [1.82, 2.24) is 14.7 Å². The first-order valence-corrected chi connectivity index (χ1v) is 16.8. The third-order valence-corrected chi connectivity index (χ3v) is 7.52. The van der Waals surface area contributed by atoms with E-state index in [2.05, 4.69) is 0 Å². The third kappa shape index (κ3) is 13.4. The smallest absolute Gasteiger partial charge is 0.211 e. The van der Waals surface area contributed by atoms with Crippen LogP contribution in [0.3, 0.4) is 0 Å². The molecule has 4 unspecified atom stereocenters. The van der Waals surface area contributed by atoms with Crippen molar-refractivity contribution in [1.29, 1.82) is 0 Å². The van der Waals surface area contributed by atoms with Crippen LogP contribution in [0.4, 0.5) is 0 Å². The molecule has 1 fully saturated rings. The van der Waals surface area contributed by atoms with Crippen molar-refractivity contribution in [3.63, 3.8) is 0 Å². The molecule has 0 amide bonds. The molecule has 1 aliphatic heterocycles. The predicted molar refractivity (Wildman–Crippen MR) is 118 cm³/mol. The van der Waals surface area contributed by atoms with Crippen LogP contribution in [0.2, 0.25) is 0 Å². The average molecular weight is 476 g/mol. The Kier molecular flexibility index (Phi) is 11.2. The summed E-state index contributed by atoms with van der Waals surface area (Å²) in [6.45, 7) is 6.98. The SMILES string of the molecule is CP(=O)(O)CN1CCN(CP(C)(=O)O)CC(CCCCN)N(CP(C)(=O)O)CC1. The summed E-state index contributed by atoms with van der Waals surface area (Å²) in [5, 5.41) is 0. The molecule has 29 heavy (non-hydrogen) atoms. The van der Waals surface area contributed by atoms with E-state index in [0.717, 1.165) is 19.3 Å². The van der Waals surface area contributed by atoms with Gasteiger partial charge in [-0.1, -0.05) is 6.42 Å². The van der Waals surface area contributed by atoms with Crippen molar-refractivity contribution in [3.05, 3.63) is 0 Å². The minimum absolute atomic E-state index is 0.0216. The van der Waals surface area contributed by atoms with E-state index >= 15 is 0 Å². The average Bonchev–Trinajstić information content (AvgIpc) is 2.56. The Balaban J connectivity index is 3.11. The monoisotopic (exact) mass is 476 g/mol. The molecule has 0 bridgehead atoms. The fourth-order valence-corrected chi connectivity index (χ4v) is 6.76. The topological polar surface area (TPSA) is 148 Å². The van der Waals surface area contributed by atoms with Gasteiger partial charge in [-0.15, -0.1) is 0 Å². The molecule has 13 heteroatoms. The first-order chi connectivity index (χ1) is 13.2. The molecule has 1 aliphatic rings. The lowest BCUT2D eigenvalue weighted by molar-refractivity contribution is 0.161. The molecule has 5 N–H and O–H groups in total. The summed E-state index contributed by atoms with van der Waals surface area (Å²) in [7, 11) is -9.90. The van der Waals surface area contributed by atoms with Gasteiger partial charge in [0.05, 0.1) is 18.9 Å². The van der Waals surface area contributed by atoms with Gasteiger partial charge in [-0.25, -0.2) is 0 Å². The number of nitrogens with zero attached hydrogens (tertiary/aromatic N) is 3. The van der Waals surface area contributed by atoms with Crippen molar-refractivity contribution in [3.8, 4) is 0 Å². The van der Waals surface area contributed by atoms with Crippen LogP contribution in [-0.2, 0) is 13.7 Å². The van der Waals surface area contributed by atoms with Gasteiger partial charge >= 0.3 is 0 Å². The highest BCUT2D eigenvalue weighted by Gasteiger charge is 2.30. The molecule has 0 radical (unpaired) electrons. The van der Waals surface area contributed by atoms with Crippen molar-refractivity contribution in [2.45, 2.75) is 25.3 Å². The molecule has 0 spiro atoms. The minimum atomic E-state index is -3.32. The van der Waals surface area contributed by atoms with Gasteiger partial charge in [-0.3, -0.25) is 28.4 Å². The zero-order valence-electron chi connectivity index (χ0n) is 17.9. The van der Waals surface area contributed by atoms with Crippen LogP contribution >= 0.6 is 22.1 Å². The van der Waals surface area contributed by atoms with Crippen LogP contribution in [-0.4, -0.2) is 114 Å². The molecule has 1 rings (SSSR count). The lowest BCUT2D eigenvalue weighted by Gasteiger charge is -2.35. The van der Waals surface area contributed by atoms with E-state index in [1.807, 2.05) is 14.7 Å². The third-order valence-electron chi connectivity index (χ3n) is 4.78. The Labute approximate surface area is 174 Å². The molecule has 10 nitrogen and oxygen atoms in total. The quantitative estimate of drug-likeness (QED) is 0.266. The minimum Gasteiger partial charge on any atom is -0.344 e. The van der Waals surface area contributed by atoms with Crippen molar-refractivity contribution in [2.75, 3.05) is 78.1 Å². The highest BCUT2D eigenvalue weighted by atomic mass is 31.2. The molecule has 1 heterocycles. The van der Waals surface area contributed by atoms with E-state index in [1.54, 1.807) is 0 Å². The summed E-state index contributed by atoms with van der Waals surface area (Å²) in [6.07, 6.45) is 2.53. The summed E-state index contributed by atoms with van der Waals surface area (Å²) < 4.78 is 36.1. The summed E-state index contributed by atoms with van der Waals surface area (Å²) in [5.41, 5.74) is 5.61. The molecule has 174 valence electrons. The highest BCUT2D eigenvalue weighted by molar-refractivity contribution is 7.57. The number of hydrogen-bond donors (Lipinski definition) is 4. The van der Waals surface area contributed by atoms with Crippen LogP contribution < -0.4 is 5.73 Å². The molecule has 0 saturated carbocycles. The number of unbranched alkanes of at least 4 members (excludes halogenated alkanes) is 1. The van der Waals surface area contributed by atoms with Gasteiger partial charge in [-0.2, -0.15) is 0 Å². The highest BCUT2D eigenvalue weighted by Crippen LogP contribution is 2.39. The van der Waals surface area contributed by atoms with E-state index in [1.165, 1.54) is 20.0 Å². The molecule has 0 aliphatic carbocycles. The second-order valence-corrected chi connectivity index (χ2v) is 15.7. The van der Waals surface area contributed by atoms with Crippen LogP contribution in [0, 0.1) is 0 Å². The first-order valence-electron chi connectivity index (χ1n) is 9.95. The normalized spacial score (nSPS) is 27.2. The summed E-state index contributed by atoms with van der Waals surface area (Å²) in [6, 6.07) is -0.0592. The zero-order chi connectivity index (χ0) is 22.3. The summed E-state index contributed by atoms with van der Waals surface area (Å²) >= 11 is 0. The fourth-order valence-electron chi connectivity index (χ4n) is 3.69. The van der Waals surface area contributed by atoms with Crippen molar-refractivity contribution < 1.29 is 28.4 Å². The zero-order valence-corrected chi connectivity index (χ0v) is 20.6. The van der Waals surface area contributed by atoms with Crippen LogP contribution in [0.25, 0.3) is 0 Å². The van der Waals surface area contributed by atoms with E-state index in [4.69, 9.17) is 5.73 Å². The second-order valence-electron chi connectivity index (χ2n) is 8.52. The maximum absolute atomic E-state index is 12.2. The van der Waals surface area contributed by atoms with Crippen LogP contribution in [0.1, 0.15) is 19.3 Å². The van der Waals surface area contributed by atoms with Gasteiger partial charge in [0.25, 0.3) is 0 Å². The van der Waals surface area contributed by atoms with Crippen LogP contribution in [0.5, 0.6) is 0 Å². The van der Waals surface area contributed by atoms with Gasteiger partial charge < -0.3 is 20.4 Å². The van der Waals surface area contributed by atoms with Crippen molar-refractivity contribution >= 4 is 22.1 Å². The molecule has 0 aromatic rings. The summed E-state index contributed by atoms with van der Waals surface area (Å²) in [4.78, 5) is 35.4. The predicted octanol–water partition coefficient (Wildman–Crippen LogP) is 0.977. The fraction of sp³-hybridized carbons (Fsp3) is 1.00. The lowest BCUT2D eigenvalue weighted by Crippen LogP contribution is -2.45. The Morgan fingerprint density at radius 3 is 1.79 bits per heavy atom. The van der Waals surface area contributed by atoms with E-state index in [0.29, 0.717) is 39.3 Å².